The third kappa shape index (κ3) is 2.35. The molecule has 5 heteroatoms. The fourth-order valence-electron chi connectivity index (χ4n) is 0.758. The third-order valence-electron chi connectivity index (χ3n) is 1.38. The van der Waals surface area contributed by atoms with Gasteiger partial charge in [-0.2, -0.15) is 5.10 Å². The van der Waals surface area contributed by atoms with Gasteiger partial charge in [-0.25, -0.2) is 0 Å². The van der Waals surface area contributed by atoms with Crippen molar-refractivity contribution in [2.24, 2.45) is 0 Å². The predicted molar refractivity (Wildman–Crippen MR) is 42.6 cm³/mol. The van der Waals surface area contributed by atoms with Crippen molar-refractivity contribution in [3.63, 3.8) is 0 Å². The second-order valence-corrected chi connectivity index (χ2v) is 2.32. The third-order valence-corrected chi connectivity index (χ3v) is 1.38. The van der Waals surface area contributed by atoms with Gasteiger partial charge in [0.1, 0.15) is 0 Å². The lowest BCUT2D eigenvalue weighted by atomic mass is 10.3. The van der Waals surface area contributed by atoms with Crippen LogP contribution in [-0.2, 0) is 0 Å². The molecule has 5 nitrogen and oxygen atoms in total. The van der Waals surface area contributed by atoms with Crippen LogP contribution >= 0.6 is 0 Å². The molecule has 0 aliphatic carbocycles. The van der Waals surface area contributed by atoms with Crippen LogP contribution in [0.3, 0.4) is 0 Å². The molecule has 3 N–H and O–H groups in total. The van der Waals surface area contributed by atoms with E-state index >= 15 is 0 Å². The molecule has 0 aliphatic rings. The van der Waals surface area contributed by atoms with Gasteiger partial charge in [-0.1, -0.05) is 0 Å². The maximum absolute atomic E-state index is 11.1. The minimum atomic E-state index is -0.169. The highest BCUT2D eigenvalue weighted by Crippen LogP contribution is 1.92. The van der Waals surface area contributed by atoms with Crippen LogP contribution in [0.1, 0.15) is 16.8 Å². The average Bonchev–Trinajstić information content (AvgIpc) is 2.56. The average molecular weight is 169 g/mol. The number of rotatable bonds is 4. The quantitative estimate of drug-likeness (QED) is 0.533. The molecule has 0 fully saturated rings. The second-order valence-electron chi connectivity index (χ2n) is 2.32. The van der Waals surface area contributed by atoms with Crippen molar-refractivity contribution in [3.05, 3.63) is 18.0 Å². The Labute approximate surface area is 69.8 Å². The first-order valence-electron chi connectivity index (χ1n) is 3.72. The van der Waals surface area contributed by atoms with Gasteiger partial charge in [0.05, 0.1) is 11.8 Å². The van der Waals surface area contributed by atoms with E-state index in [1.165, 1.54) is 12.4 Å². The van der Waals surface area contributed by atoms with Gasteiger partial charge in [-0.3, -0.25) is 9.89 Å². The number of hydrogen-bond acceptors (Lipinski definition) is 3. The Morgan fingerprint density at radius 3 is 3.17 bits per heavy atom. The molecular weight excluding hydrogens is 158 g/mol. The first kappa shape index (κ1) is 8.73. The Balaban J connectivity index is 2.30. The van der Waals surface area contributed by atoms with Crippen molar-refractivity contribution in [1.29, 1.82) is 0 Å². The lowest BCUT2D eigenvalue weighted by Gasteiger charge is -1.99. The molecule has 1 aromatic heterocycles. The fourth-order valence-corrected chi connectivity index (χ4v) is 0.758. The largest absolute Gasteiger partial charge is 0.396 e. The van der Waals surface area contributed by atoms with Crippen LogP contribution in [0.15, 0.2) is 12.4 Å². The summed E-state index contributed by atoms with van der Waals surface area (Å²) in [6.45, 7) is 0.576. The van der Waals surface area contributed by atoms with Crippen molar-refractivity contribution < 1.29 is 9.90 Å². The van der Waals surface area contributed by atoms with Gasteiger partial charge < -0.3 is 10.4 Å². The SMILES string of the molecule is O=C(NCCCO)c1cn[nH]c1. The number of H-pyrrole nitrogens is 1. The van der Waals surface area contributed by atoms with Crippen LogP contribution in [-0.4, -0.2) is 34.4 Å². The summed E-state index contributed by atoms with van der Waals surface area (Å²) in [6, 6.07) is 0. The molecule has 0 unspecified atom stereocenters. The van der Waals surface area contributed by atoms with Crippen LogP contribution in [0.2, 0.25) is 0 Å². The Morgan fingerprint density at radius 2 is 2.58 bits per heavy atom. The van der Waals surface area contributed by atoms with Gasteiger partial charge in [0, 0.05) is 19.3 Å². The Morgan fingerprint density at radius 1 is 1.75 bits per heavy atom. The number of nitrogens with zero attached hydrogens (tertiary/aromatic N) is 1. The number of amides is 1. The standard InChI is InChI=1S/C7H11N3O2/c11-3-1-2-8-7(12)6-4-9-10-5-6/h4-5,11H,1-3H2,(H,8,12)(H,9,10). The highest BCUT2D eigenvalue weighted by Gasteiger charge is 2.03. The summed E-state index contributed by atoms with van der Waals surface area (Å²) < 4.78 is 0. The van der Waals surface area contributed by atoms with Crippen LogP contribution in [0.4, 0.5) is 0 Å². The number of nitrogens with one attached hydrogen (secondary N) is 2. The number of aromatic amines is 1. The van der Waals surface area contributed by atoms with E-state index in [1.807, 2.05) is 0 Å². The van der Waals surface area contributed by atoms with Crippen LogP contribution in [0, 0.1) is 0 Å². The summed E-state index contributed by atoms with van der Waals surface area (Å²) in [6.07, 6.45) is 3.55. The summed E-state index contributed by atoms with van der Waals surface area (Å²) in [5.74, 6) is -0.169. The van der Waals surface area contributed by atoms with Crippen LogP contribution in [0.25, 0.3) is 0 Å². The van der Waals surface area contributed by atoms with E-state index in [2.05, 4.69) is 15.5 Å². The maximum atomic E-state index is 11.1. The van der Waals surface area contributed by atoms with E-state index in [1.54, 1.807) is 0 Å². The molecule has 0 saturated heterocycles. The molecule has 0 bridgehead atoms. The van der Waals surface area contributed by atoms with Crippen LogP contribution < -0.4 is 5.32 Å². The molecule has 1 heterocycles. The van der Waals surface area contributed by atoms with Crippen molar-refractivity contribution in [2.45, 2.75) is 6.42 Å². The first-order valence-corrected chi connectivity index (χ1v) is 3.72. The van der Waals surface area contributed by atoms with E-state index in [4.69, 9.17) is 5.11 Å². The highest BCUT2D eigenvalue weighted by atomic mass is 16.3. The Bertz CT molecular complexity index is 233. The number of aliphatic hydroxyl groups is 1. The molecule has 0 saturated carbocycles. The number of aliphatic hydroxyl groups excluding tert-OH is 1. The summed E-state index contributed by atoms with van der Waals surface area (Å²) in [5.41, 5.74) is 0.507. The minimum absolute atomic E-state index is 0.0890. The van der Waals surface area contributed by atoms with Crippen molar-refractivity contribution in [3.8, 4) is 0 Å². The molecule has 66 valence electrons. The van der Waals surface area contributed by atoms with Gasteiger partial charge in [-0.15, -0.1) is 0 Å². The predicted octanol–water partition coefficient (Wildman–Crippen LogP) is -0.478. The first-order chi connectivity index (χ1) is 5.84. The number of aromatic nitrogens is 2. The lowest BCUT2D eigenvalue weighted by molar-refractivity contribution is 0.0951. The summed E-state index contributed by atoms with van der Waals surface area (Å²) in [7, 11) is 0. The molecule has 0 atom stereocenters. The topological polar surface area (TPSA) is 78.0 Å². The Hall–Kier alpha value is -1.36. The molecule has 0 aromatic carbocycles. The second kappa shape index (κ2) is 4.50. The summed E-state index contributed by atoms with van der Waals surface area (Å²) >= 11 is 0. The summed E-state index contributed by atoms with van der Waals surface area (Å²) in [4.78, 5) is 11.1. The molecule has 12 heavy (non-hydrogen) atoms. The molecular formula is C7H11N3O2. The van der Waals surface area contributed by atoms with Crippen LogP contribution in [0.5, 0.6) is 0 Å². The molecule has 1 amide bonds. The molecule has 0 spiro atoms. The Kier molecular flexibility index (Phi) is 3.28. The number of carbonyl (C=O) groups is 1. The van der Waals surface area contributed by atoms with Gasteiger partial charge in [0.2, 0.25) is 0 Å². The minimum Gasteiger partial charge on any atom is -0.396 e. The van der Waals surface area contributed by atoms with E-state index < -0.39 is 0 Å². The zero-order valence-electron chi connectivity index (χ0n) is 6.58. The molecule has 1 aromatic rings. The van der Waals surface area contributed by atoms with Gasteiger partial charge in [0.15, 0.2) is 0 Å². The van der Waals surface area contributed by atoms with Crippen molar-refractivity contribution in [1.82, 2.24) is 15.5 Å². The molecule has 0 aliphatic heterocycles. The smallest absolute Gasteiger partial charge is 0.254 e. The van der Waals surface area contributed by atoms with E-state index in [0.29, 0.717) is 18.5 Å². The van der Waals surface area contributed by atoms with Crippen molar-refractivity contribution >= 4 is 5.91 Å². The summed E-state index contributed by atoms with van der Waals surface area (Å²) in [5, 5.41) is 17.2. The van der Waals surface area contributed by atoms with Gasteiger partial charge in [0.25, 0.3) is 5.91 Å². The number of hydrogen-bond donors (Lipinski definition) is 3. The lowest BCUT2D eigenvalue weighted by Crippen LogP contribution is -2.24. The normalized spacial score (nSPS) is 9.75. The maximum Gasteiger partial charge on any atom is 0.254 e. The van der Waals surface area contributed by atoms with E-state index in [-0.39, 0.29) is 12.5 Å². The van der Waals surface area contributed by atoms with E-state index in [9.17, 15) is 4.79 Å². The highest BCUT2D eigenvalue weighted by molar-refractivity contribution is 5.93. The monoisotopic (exact) mass is 169 g/mol. The van der Waals surface area contributed by atoms with Gasteiger partial charge >= 0.3 is 0 Å². The zero-order valence-corrected chi connectivity index (χ0v) is 6.58. The van der Waals surface area contributed by atoms with Gasteiger partial charge in [-0.05, 0) is 6.42 Å². The fraction of sp³-hybridized carbons (Fsp3) is 0.429. The molecule has 1 rings (SSSR count). The number of carbonyl (C=O) groups excluding carboxylic acids is 1. The molecule has 0 radical (unpaired) electrons. The van der Waals surface area contributed by atoms with E-state index in [0.717, 1.165) is 0 Å². The zero-order chi connectivity index (χ0) is 8.81. The van der Waals surface area contributed by atoms with Crippen molar-refractivity contribution in [2.75, 3.05) is 13.2 Å².